The molecular formula is C15H14BrFO3. The lowest BCUT2D eigenvalue weighted by Crippen LogP contribution is -1.99. The Morgan fingerprint density at radius 2 is 2.00 bits per heavy atom. The molecule has 0 aliphatic rings. The van der Waals surface area contributed by atoms with Crippen molar-refractivity contribution < 1.29 is 19.0 Å². The fraction of sp³-hybridized carbons (Fsp3) is 0.200. The van der Waals surface area contributed by atoms with Crippen LogP contribution in [0.3, 0.4) is 0 Å². The lowest BCUT2D eigenvalue weighted by molar-refractivity contribution is 0.273. The van der Waals surface area contributed by atoms with E-state index >= 15 is 0 Å². The molecule has 2 aromatic rings. The summed E-state index contributed by atoms with van der Waals surface area (Å²) in [7, 11) is 1.53. The second-order valence-electron chi connectivity index (χ2n) is 4.17. The zero-order valence-electron chi connectivity index (χ0n) is 10.9. The van der Waals surface area contributed by atoms with Gasteiger partial charge in [-0.15, -0.1) is 0 Å². The highest BCUT2D eigenvalue weighted by Crippen LogP contribution is 2.34. The topological polar surface area (TPSA) is 38.7 Å². The average molecular weight is 341 g/mol. The molecule has 2 rings (SSSR count). The first kappa shape index (κ1) is 14.8. The molecule has 0 aliphatic carbocycles. The predicted molar refractivity (Wildman–Crippen MR) is 77.3 cm³/mol. The molecule has 5 heteroatoms. The van der Waals surface area contributed by atoms with Crippen molar-refractivity contribution in [1.82, 2.24) is 0 Å². The van der Waals surface area contributed by atoms with Crippen LogP contribution in [0, 0.1) is 5.82 Å². The molecule has 0 aromatic heterocycles. The van der Waals surface area contributed by atoms with E-state index in [4.69, 9.17) is 9.47 Å². The van der Waals surface area contributed by atoms with Gasteiger partial charge in [-0.05, 0) is 35.4 Å². The van der Waals surface area contributed by atoms with Crippen molar-refractivity contribution in [2.45, 2.75) is 13.2 Å². The van der Waals surface area contributed by atoms with Crippen molar-refractivity contribution in [3.05, 3.63) is 57.8 Å². The molecule has 0 bridgehead atoms. The zero-order valence-corrected chi connectivity index (χ0v) is 12.5. The summed E-state index contributed by atoms with van der Waals surface area (Å²) in [5, 5.41) is 9.20. The van der Waals surface area contributed by atoms with Crippen molar-refractivity contribution in [3.8, 4) is 11.5 Å². The maximum absolute atomic E-state index is 13.1. The van der Waals surface area contributed by atoms with Crippen LogP contribution in [-0.4, -0.2) is 12.2 Å². The minimum absolute atomic E-state index is 0.0961. The van der Waals surface area contributed by atoms with Crippen LogP contribution < -0.4 is 9.47 Å². The third-order valence-corrected chi connectivity index (χ3v) is 3.52. The summed E-state index contributed by atoms with van der Waals surface area (Å²) in [6, 6.07) is 9.65. The zero-order chi connectivity index (χ0) is 14.5. The summed E-state index contributed by atoms with van der Waals surface area (Å²) in [6.45, 7) is 0.139. The Hall–Kier alpha value is -1.59. The molecule has 0 radical (unpaired) electrons. The van der Waals surface area contributed by atoms with Crippen LogP contribution in [-0.2, 0) is 13.2 Å². The Morgan fingerprint density at radius 1 is 1.20 bits per heavy atom. The molecule has 0 atom stereocenters. The third-order valence-electron chi connectivity index (χ3n) is 2.79. The Balaban J connectivity index is 2.18. The van der Waals surface area contributed by atoms with Crippen LogP contribution in [0.5, 0.6) is 11.5 Å². The van der Waals surface area contributed by atoms with Crippen molar-refractivity contribution in [3.63, 3.8) is 0 Å². The highest BCUT2D eigenvalue weighted by molar-refractivity contribution is 9.10. The lowest BCUT2D eigenvalue weighted by atomic mass is 10.2. The van der Waals surface area contributed by atoms with E-state index in [0.29, 0.717) is 17.1 Å². The third kappa shape index (κ3) is 3.49. The van der Waals surface area contributed by atoms with E-state index in [1.807, 2.05) is 0 Å². The van der Waals surface area contributed by atoms with Gasteiger partial charge in [0.1, 0.15) is 12.4 Å². The van der Waals surface area contributed by atoms with Crippen molar-refractivity contribution in [1.29, 1.82) is 0 Å². The molecule has 20 heavy (non-hydrogen) atoms. The maximum Gasteiger partial charge on any atom is 0.162 e. The van der Waals surface area contributed by atoms with Gasteiger partial charge in [0, 0.05) is 4.47 Å². The monoisotopic (exact) mass is 340 g/mol. The Bertz CT molecular complexity index is 602. The SMILES string of the molecule is COc1cc(CO)c(Br)cc1OCc1cccc(F)c1. The van der Waals surface area contributed by atoms with Gasteiger partial charge in [-0.25, -0.2) is 4.39 Å². The van der Waals surface area contributed by atoms with Crippen LogP contribution in [0.1, 0.15) is 11.1 Å². The number of benzene rings is 2. The second kappa shape index (κ2) is 6.72. The first-order chi connectivity index (χ1) is 9.63. The summed E-state index contributed by atoms with van der Waals surface area (Å²) in [4.78, 5) is 0. The summed E-state index contributed by atoms with van der Waals surface area (Å²) >= 11 is 3.35. The van der Waals surface area contributed by atoms with E-state index in [1.165, 1.54) is 19.2 Å². The predicted octanol–water partition coefficient (Wildman–Crippen LogP) is 3.67. The van der Waals surface area contributed by atoms with Gasteiger partial charge in [-0.3, -0.25) is 0 Å². The van der Waals surface area contributed by atoms with Crippen LogP contribution >= 0.6 is 15.9 Å². The average Bonchev–Trinajstić information content (AvgIpc) is 2.45. The molecule has 106 valence electrons. The van der Waals surface area contributed by atoms with Crippen molar-refractivity contribution in [2.75, 3.05) is 7.11 Å². The molecule has 0 heterocycles. The van der Waals surface area contributed by atoms with Gasteiger partial charge in [0.15, 0.2) is 11.5 Å². The Kier molecular flexibility index (Phi) is 4.98. The largest absolute Gasteiger partial charge is 0.493 e. The molecule has 0 unspecified atom stereocenters. The molecule has 0 fully saturated rings. The molecule has 2 aromatic carbocycles. The first-order valence-electron chi connectivity index (χ1n) is 5.98. The number of hydrogen-bond acceptors (Lipinski definition) is 3. The fourth-order valence-corrected chi connectivity index (χ4v) is 2.21. The van der Waals surface area contributed by atoms with Crippen LogP contribution in [0.2, 0.25) is 0 Å². The van der Waals surface area contributed by atoms with E-state index in [-0.39, 0.29) is 19.0 Å². The van der Waals surface area contributed by atoms with Gasteiger partial charge in [0.25, 0.3) is 0 Å². The van der Waals surface area contributed by atoms with E-state index < -0.39 is 0 Å². The molecule has 0 spiro atoms. The Morgan fingerprint density at radius 3 is 2.65 bits per heavy atom. The van der Waals surface area contributed by atoms with Gasteiger partial charge in [-0.1, -0.05) is 28.1 Å². The molecule has 0 amide bonds. The standard InChI is InChI=1S/C15H14BrFO3/c1-19-14-6-11(8-18)13(16)7-15(14)20-9-10-3-2-4-12(17)5-10/h2-7,18H,8-9H2,1H3. The normalized spacial score (nSPS) is 10.4. The van der Waals surface area contributed by atoms with E-state index in [0.717, 1.165) is 10.0 Å². The van der Waals surface area contributed by atoms with Crippen LogP contribution in [0.15, 0.2) is 40.9 Å². The van der Waals surface area contributed by atoms with Gasteiger partial charge >= 0.3 is 0 Å². The molecule has 3 nitrogen and oxygen atoms in total. The minimum atomic E-state index is -0.296. The van der Waals surface area contributed by atoms with Crippen molar-refractivity contribution in [2.24, 2.45) is 0 Å². The number of hydrogen-bond donors (Lipinski definition) is 1. The highest BCUT2D eigenvalue weighted by Gasteiger charge is 2.10. The van der Waals surface area contributed by atoms with Crippen LogP contribution in [0.4, 0.5) is 4.39 Å². The number of methoxy groups -OCH3 is 1. The number of halogens is 2. The molecule has 0 saturated carbocycles. The smallest absolute Gasteiger partial charge is 0.162 e. The summed E-state index contributed by atoms with van der Waals surface area (Å²) in [6.07, 6.45) is 0. The number of rotatable bonds is 5. The van der Waals surface area contributed by atoms with E-state index in [2.05, 4.69) is 15.9 Å². The number of aliphatic hydroxyl groups is 1. The van der Waals surface area contributed by atoms with E-state index in [1.54, 1.807) is 24.3 Å². The molecule has 0 saturated heterocycles. The Labute approximate surface area is 125 Å². The summed E-state index contributed by atoms with van der Waals surface area (Å²) in [5.41, 5.74) is 1.44. The van der Waals surface area contributed by atoms with Crippen LogP contribution in [0.25, 0.3) is 0 Å². The lowest BCUT2D eigenvalue weighted by Gasteiger charge is -2.13. The molecular weight excluding hydrogens is 327 g/mol. The minimum Gasteiger partial charge on any atom is -0.493 e. The van der Waals surface area contributed by atoms with Gasteiger partial charge in [-0.2, -0.15) is 0 Å². The highest BCUT2D eigenvalue weighted by atomic mass is 79.9. The quantitative estimate of drug-likeness (QED) is 0.902. The second-order valence-corrected chi connectivity index (χ2v) is 5.03. The first-order valence-corrected chi connectivity index (χ1v) is 6.78. The maximum atomic E-state index is 13.1. The fourth-order valence-electron chi connectivity index (χ4n) is 1.76. The number of aliphatic hydroxyl groups excluding tert-OH is 1. The van der Waals surface area contributed by atoms with Gasteiger partial charge in [0.05, 0.1) is 13.7 Å². The molecule has 1 N–H and O–H groups in total. The molecule has 0 aliphatic heterocycles. The van der Waals surface area contributed by atoms with Gasteiger partial charge < -0.3 is 14.6 Å². The van der Waals surface area contributed by atoms with Gasteiger partial charge in [0.2, 0.25) is 0 Å². The number of ether oxygens (including phenoxy) is 2. The summed E-state index contributed by atoms with van der Waals surface area (Å²) < 4.78 is 24.7. The summed E-state index contributed by atoms with van der Waals surface area (Å²) in [5.74, 6) is 0.754. The van der Waals surface area contributed by atoms with Crippen molar-refractivity contribution >= 4 is 15.9 Å². The van der Waals surface area contributed by atoms with E-state index in [9.17, 15) is 9.50 Å².